The minimum absolute atomic E-state index is 0.00487. The monoisotopic (exact) mass is 520 g/mol. The first-order valence-corrected chi connectivity index (χ1v) is 12.1. The third-order valence-corrected chi connectivity index (χ3v) is 7.16. The zero-order valence-corrected chi connectivity index (χ0v) is 19.9. The Morgan fingerprint density at radius 1 is 1.00 bits per heavy atom. The van der Waals surface area contributed by atoms with Crippen LogP contribution in [0.25, 0.3) is 22.0 Å². The molecule has 2 heterocycles. The summed E-state index contributed by atoms with van der Waals surface area (Å²) in [5.74, 6) is -4.99. The van der Waals surface area contributed by atoms with Crippen molar-refractivity contribution in [1.82, 2.24) is 10.3 Å². The summed E-state index contributed by atoms with van der Waals surface area (Å²) in [6.45, 7) is 0.417. The molecule has 2 aliphatic rings. The molecule has 1 unspecified atom stereocenters. The second-order valence-electron chi connectivity index (χ2n) is 9.50. The van der Waals surface area contributed by atoms with Crippen molar-refractivity contribution in [3.05, 3.63) is 94.7 Å². The number of halogens is 4. The van der Waals surface area contributed by atoms with Crippen LogP contribution < -0.4 is 10.1 Å². The van der Waals surface area contributed by atoms with Gasteiger partial charge in [-0.1, -0.05) is 18.2 Å². The van der Waals surface area contributed by atoms with Gasteiger partial charge in [-0.05, 0) is 35.7 Å². The summed E-state index contributed by atoms with van der Waals surface area (Å²) in [6.07, 6.45) is 2.14. The number of nitrogens with one attached hydrogen (secondary N) is 1. The molecule has 0 saturated heterocycles. The fourth-order valence-corrected chi connectivity index (χ4v) is 5.30. The number of Topliss-reactive ketones (excluding diaryl/α,β-unsaturated/α-hetero) is 1. The zero-order valence-electron chi connectivity index (χ0n) is 19.9. The molecule has 9 heteroatoms. The second kappa shape index (κ2) is 9.24. The van der Waals surface area contributed by atoms with Crippen LogP contribution in [0.1, 0.15) is 52.7 Å². The van der Waals surface area contributed by atoms with Crippen molar-refractivity contribution in [1.29, 1.82) is 0 Å². The van der Waals surface area contributed by atoms with E-state index in [1.165, 1.54) is 12.3 Å². The van der Waals surface area contributed by atoms with E-state index in [2.05, 4.69) is 10.3 Å². The van der Waals surface area contributed by atoms with E-state index in [9.17, 15) is 22.8 Å². The number of carbonyl (C=O) groups excluding carboxylic acids is 2. The number of hydrogen-bond donors (Lipinski definition) is 1. The van der Waals surface area contributed by atoms with Crippen LogP contribution in [0.15, 0.2) is 54.7 Å². The summed E-state index contributed by atoms with van der Waals surface area (Å²) in [4.78, 5) is 29.7. The molecule has 4 aromatic rings. The summed E-state index contributed by atoms with van der Waals surface area (Å²) >= 11 is 0. The number of aromatic nitrogens is 1. The number of rotatable bonds is 4. The molecule has 3 aromatic carbocycles. The molecular weight excluding hydrogens is 500 g/mol. The standard InChI is InChI=1S/C29H20F4N2O3/c30-15-11-19(27(33)22(32)12-15)26-21(31)6-5-18-25(14-9-16(36)10-14)20(13-34-28(18)26)29(37)35-23-7-8-38-24-4-2-1-3-17(23)24/h1-6,11-14,23H,7-10H2,(H,35,37). The minimum Gasteiger partial charge on any atom is -0.493 e. The maximum Gasteiger partial charge on any atom is 0.253 e. The molecule has 1 aliphatic carbocycles. The molecule has 6 rings (SSSR count). The number of ketones is 1. The molecule has 0 spiro atoms. The van der Waals surface area contributed by atoms with Gasteiger partial charge in [0.25, 0.3) is 5.91 Å². The van der Waals surface area contributed by atoms with Crippen LogP contribution >= 0.6 is 0 Å². The molecule has 1 amide bonds. The number of fused-ring (bicyclic) bond motifs is 2. The van der Waals surface area contributed by atoms with Crippen LogP contribution in [0.4, 0.5) is 17.6 Å². The van der Waals surface area contributed by atoms with Crippen molar-refractivity contribution in [3.63, 3.8) is 0 Å². The smallest absolute Gasteiger partial charge is 0.253 e. The van der Waals surface area contributed by atoms with E-state index >= 15 is 4.39 Å². The van der Waals surface area contributed by atoms with Crippen molar-refractivity contribution >= 4 is 22.6 Å². The molecule has 0 bridgehead atoms. The van der Waals surface area contributed by atoms with Gasteiger partial charge in [-0.3, -0.25) is 14.6 Å². The van der Waals surface area contributed by atoms with Crippen molar-refractivity contribution < 1.29 is 31.9 Å². The molecule has 1 N–H and O–H groups in total. The summed E-state index contributed by atoms with van der Waals surface area (Å²) in [5, 5.41) is 3.32. The third-order valence-electron chi connectivity index (χ3n) is 7.16. The molecule has 5 nitrogen and oxygen atoms in total. The maximum absolute atomic E-state index is 15.1. The minimum atomic E-state index is -1.46. The van der Waals surface area contributed by atoms with E-state index in [1.54, 1.807) is 0 Å². The third kappa shape index (κ3) is 3.98. The fourth-order valence-electron chi connectivity index (χ4n) is 5.30. The first-order valence-electron chi connectivity index (χ1n) is 12.1. The normalized spacial score (nSPS) is 17.1. The van der Waals surface area contributed by atoms with Crippen molar-refractivity contribution in [3.8, 4) is 16.9 Å². The summed E-state index contributed by atoms with van der Waals surface area (Å²) < 4.78 is 63.4. The Kier molecular flexibility index (Phi) is 5.86. The summed E-state index contributed by atoms with van der Waals surface area (Å²) in [6, 6.07) is 10.6. The Bertz CT molecular complexity index is 1630. The molecule has 1 atom stereocenters. The highest BCUT2D eigenvalue weighted by Gasteiger charge is 2.34. The van der Waals surface area contributed by atoms with Crippen molar-refractivity contribution in [2.45, 2.75) is 31.2 Å². The fraction of sp³-hybridized carbons (Fsp3) is 0.207. The van der Waals surface area contributed by atoms with Gasteiger partial charge in [0, 0.05) is 53.6 Å². The number of para-hydroxylation sites is 1. The van der Waals surface area contributed by atoms with Gasteiger partial charge in [0.1, 0.15) is 23.2 Å². The van der Waals surface area contributed by atoms with Crippen LogP contribution in [0.2, 0.25) is 0 Å². The van der Waals surface area contributed by atoms with E-state index in [0.717, 1.165) is 11.6 Å². The topological polar surface area (TPSA) is 68.3 Å². The number of pyridine rings is 1. The van der Waals surface area contributed by atoms with Gasteiger partial charge in [0.2, 0.25) is 0 Å². The van der Waals surface area contributed by atoms with E-state index in [0.29, 0.717) is 41.9 Å². The average Bonchev–Trinajstić information content (AvgIpc) is 2.88. The molecule has 0 radical (unpaired) electrons. The Hall–Kier alpha value is -4.27. The number of nitrogens with zero attached hydrogens (tertiary/aromatic N) is 1. The molecule has 38 heavy (non-hydrogen) atoms. The predicted molar refractivity (Wildman–Crippen MR) is 131 cm³/mol. The lowest BCUT2D eigenvalue weighted by atomic mass is 9.75. The molecule has 1 aromatic heterocycles. The quantitative estimate of drug-likeness (QED) is 0.259. The largest absolute Gasteiger partial charge is 0.493 e. The first-order chi connectivity index (χ1) is 18.3. The zero-order chi connectivity index (χ0) is 26.6. The first kappa shape index (κ1) is 24.1. The predicted octanol–water partition coefficient (Wildman–Crippen LogP) is 6.16. The highest BCUT2D eigenvalue weighted by molar-refractivity contribution is 6.05. The summed E-state index contributed by atoms with van der Waals surface area (Å²) in [7, 11) is 0. The van der Waals surface area contributed by atoms with Crippen molar-refractivity contribution in [2.24, 2.45) is 0 Å². The highest BCUT2D eigenvalue weighted by Crippen LogP contribution is 2.43. The van der Waals surface area contributed by atoms with E-state index in [1.807, 2.05) is 24.3 Å². The summed E-state index contributed by atoms with van der Waals surface area (Å²) in [5.41, 5.74) is 0.388. The second-order valence-corrected chi connectivity index (χ2v) is 9.50. The van der Waals surface area contributed by atoms with Crippen molar-refractivity contribution in [2.75, 3.05) is 6.61 Å². The Morgan fingerprint density at radius 3 is 2.58 bits per heavy atom. The molecular formula is C29H20F4N2O3. The van der Waals surface area contributed by atoms with Crippen LogP contribution in [0.5, 0.6) is 5.75 Å². The number of carbonyl (C=O) groups is 2. The number of ether oxygens (including phenoxy) is 1. The van der Waals surface area contributed by atoms with Crippen LogP contribution in [0.3, 0.4) is 0 Å². The Morgan fingerprint density at radius 2 is 1.79 bits per heavy atom. The molecule has 1 saturated carbocycles. The number of amides is 1. The van der Waals surface area contributed by atoms with Gasteiger partial charge in [-0.15, -0.1) is 0 Å². The molecule has 1 aliphatic heterocycles. The van der Waals surface area contributed by atoms with Gasteiger partial charge in [-0.2, -0.15) is 0 Å². The van der Waals surface area contributed by atoms with Gasteiger partial charge < -0.3 is 10.1 Å². The Labute approximate surface area is 214 Å². The number of benzene rings is 3. The average molecular weight is 520 g/mol. The van der Waals surface area contributed by atoms with Crippen LogP contribution in [0, 0.1) is 23.3 Å². The molecule has 192 valence electrons. The van der Waals surface area contributed by atoms with E-state index < -0.39 is 40.3 Å². The lowest BCUT2D eigenvalue weighted by Crippen LogP contribution is -2.34. The van der Waals surface area contributed by atoms with Gasteiger partial charge in [0.15, 0.2) is 11.6 Å². The SMILES string of the molecule is O=C1CC(c2c(C(=O)NC3CCOc4ccccc43)cnc3c(-c4cc(F)cc(F)c4F)c(F)ccc23)C1. The van der Waals surface area contributed by atoms with E-state index in [-0.39, 0.29) is 41.7 Å². The maximum atomic E-state index is 15.1. The number of hydrogen-bond acceptors (Lipinski definition) is 4. The van der Waals surface area contributed by atoms with E-state index in [4.69, 9.17) is 4.74 Å². The van der Waals surface area contributed by atoms with Gasteiger partial charge >= 0.3 is 0 Å². The lowest BCUT2D eigenvalue weighted by Gasteiger charge is -2.30. The van der Waals surface area contributed by atoms with Gasteiger partial charge in [0.05, 0.1) is 23.7 Å². The lowest BCUT2D eigenvalue weighted by molar-refractivity contribution is -0.124. The molecule has 1 fully saturated rings. The van der Waals surface area contributed by atoms with Crippen LogP contribution in [-0.4, -0.2) is 23.3 Å². The highest BCUT2D eigenvalue weighted by atomic mass is 19.2. The Balaban J connectivity index is 1.49. The van der Waals surface area contributed by atoms with Crippen LogP contribution in [-0.2, 0) is 4.79 Å². The van der Waals surface area contributed by atoms with Gasteiger partial charge in [-0.25, -0.2) is 17.6 Å².